The molecule has 33 heavy (non-hydrogen) atoms. The van der Waals surface area contributed by atoms with Crippen molar-refractivity contribution in [1.82, 2.24) is 9.88 Å². The van der Waals surface area contributed by atoms with E-state index in [9.17, 15) is 9.90 Å². The number of nitrogens with zero attached hydrogens (tertiary/aromatic N) is 2. The Balaban J connectivity index is 1.27. The number of carbonyl (C=O) groups is 1. The fraction of sp³-hybridized carbons (Fsp3) is 0.357. The minimum Gasteiger partial charge on any atom is -0.462 e. The maximum Gasteiger partial charge on any atom is 0.338 e. The third-order valence-electron chi connectivity index (χ3n) is 7.17. The van der Waals surface area contributed by atoms with Crippen LogP contribution < -0.4 is 0 Å². The van der Waals surface area contributed by atoms with Gasteiger partial charge in [0.1, 0.15) is 0 Å². The Hall–Kier alpha value is -3.02. The third-order valence-corrected chi connectivity index (χ3v) is 7.17. The van der Waals surface area contributed by atoms with Gasteiger partial charge in [-0.2, -0.15) is 0 Å². The normalized spacial score (nSPS) is 25.4. The van der Waals surface area contributed by atoms with Crippen LogP contribution in [0.4, 0.5) is 0 Å². The molecular formula is C28H30N2O3. The molecule has 6 rings (SSSR count). The zero-order valence-corrected chi connectivity index (χ0v) is 18.9. The lowest BCUT2D eigenvalue weighted by Gasteiger charge is -2.50. The van der Waals surface area contributed by atoms with Crippen LogP contribution in [0.3, 0.4) is 0 Å². The number of aromatic nitrogens is 1. The van der Waals surface area contributed by atoms with Crippen LogP contribution in [0.5, 0.6) is 0 Å². The number of ether oxygens (including phenoxy) is 1. The van der Waals surface area contributed by atoms with Gasteiger partial charge in [-0.05, 0) is 73.5 Å². The van der Waals surface area contributed by atoms with Crippen molar-refractivity contribution in [2.45, 2.75) is 31.9 Å². The molecule has 2 bridgehead atoms. The summed E-state index contributed by atoms with van der Waals surface area (Å²) in [5.74, 6) is 0.760. The molecule has 1 unspecified atom stereocenters. The Labute approximate surface area is 194 Å². The molecule has 1 N–H and O–H groups in total. The van der Waals surface area contributed by atoms with Crippen molar-refractivity contribution in [2.75, 3.05) is 19.7 Å². The highest BCUT2D eigenvalue weighted by atomic mass is 16.5. The van der Waals surface area contributed by atoms with E-state index in [4.69, 9.17) is 4.74 Å². The minimum atomic E-state index is -0.513. The topological polar surface area (TPSA) is 62.7 Å². The Kier molecular flexibility index (Phi) is 6.25. The van der Waals surface area contributed by atoms with E-state index < -0.39 is 6.10 Å². The SMILES string of the molecule is CCOC(=O)c1ccc(/C=C/[C@H]2CN3CC[C@H]2C[C@H]3[C@H](O)c2ccnc3ccccc23)cc1. The lowest BCUT2D eigenvalue weighted by molar-refractivity contribution is -0.0444. The smallest absolute Gasteiger partial charge is 0.338 e. The lowest BCUT2D eigenvalue weighted by Crippen LogP contribution is -2.54. The fourth-order valence-corrected chi connectivity index (χ4v) is 5.42. The van der Waals surface area contributed by atoms with Gasteiger partial charge in [0.25, 0.3) is 0 Å². The van der Waals surface area contributed by atoms with Gasteiger partial charge in [0, 0.05) is 24.2 Å². The number of aliphatic hydroxyl groups excluding tert-OH is 1. The number of pyridine rings is 1. The Morgan fingerprint density at radius 3 is 2.79 bits per heavy atom. The molecule has 3 saturated heterocycles. The Morgan fingerprint density at radius 2 is 2.03 bits per heavy atom. The molecule has 170 valence electrons. The molecule has 5 nitrogen and oxygen atoms in total. The van der Waals surface area contributed by atoms with Crippen LogP contribution in [0, 0.1) is 11.8 Å². The molecule has 0 aliphatic carbocycles. The van der Waals surface area contributed by atoms with Crippen molar-refractivity contribution in [3.63, 3.8) is 0 Å². The van der Waals surface area contributed by atoms with Gasteiger partial charge >= 0.3 is 5.97 Å². The number of benzene rings is 2. The van der Waals surface area contributed by atoms with E-state index in [2.05, 4.69) is 28.1 Å². The predicted molar refractivity (Wildman–Crippen MR) is 130 cm³/mol. The maximum absolute atomic E-state index is 11.8. The van der Waals surface area contributed by atoms with Crippen molar-refractivity contribution in [3.05, 3.63) is 83.6 Å². The van der Waals surface area contributed by atoms with Crippen LogP contribution in [-0.4, -0.2) is 46.7 Å². The van der Waals surface area contributed by atoms with Crippen molar-refractivity contribution < 1.29 is 14.6 Å². The number of aliphatic hydroxyl groups is 1. The highest BCUT2D eigenvalue weighted by Crippen LogP contribution is 2.42. The van der Waals surface area contributed by atoms with E-state index in [1.807, 2.05) is 55.5 Å². The van der Waals surface area contributed by atoms with E-state index in [0.29, 0.717) is 24.0 Å². The number of rotatable bonds is 6. The second kappa shape index (κ2) is 9.46. The number of esters is 1. The molecule has 0 spiro atoms. The molecule has 3 aliphatic heterocycles. The molecule has 0 saturated carbocycles. The summed E-state index contributed by atoms with van der Waals surface area (Å²) in [5, 5.41) is 12.4. The number of fused-ring (bicyclic) bond motifs is 4. The zero-order chi connectivity index (χ0) is 22.8. The largest absolute Gasteiger partial charge is 0.462 e. The van der Waals surface area contributed by atoms with Gasteiger partial charge in [-0.3, -0.25) is 9.88 Å². The number of hydrogen-bond donors (Lipinski definition) is 1. The van der Waals surface area contributed by atoms with Crippen molar-refractivity contribution in [1.29, 1.82) is 0 Å². The van der Waals surface area contributed by atoms with Crippen molar-refractivity contribution >= 4 is 22.9 Å². The van der Waals surface area contributed by atoms with Crippen LogP contribution in [-0.2, 0) is 4.74 Å². The van der Waals surface area contributed by atoms with Gasteiger partial charge < -0.3 is 9.84 Å². The summed E-state index contributed by atoms with van der Waals surface area (Å²) in [7, 11) is 0. The summed E-state index contributed by atoms with van der Waals surface area (Å²) in [6.07, 6.45) is 7.91. The molecule has 1 aromatic heterocycles. The van der Waals surface area contributed by atoms with E-state index in [1.54, 1.807) is 6.20 Å². The average Bonchev–Trinajstić information content (AvgIpc) is 2.87. The third kappa shape index (κ3) is 4.43. The monoisotopic (exact) mass is 442 g/mol. The first-order valence-corrected chi connectivity index (χ1v) is 11.8. The molecule has 2 aromatic carbocycles. The van der Waals surface area contributed by atoms with E-state index >= 15 is 0 Å². The standard InChI is InChI=1S/C28H30N2O3/c1-2-33-28(32)20-10-7-19(8-11-20)9-12-22-18-30-16-14-21(22)17-26(30)27(31)24-13-15-29-25-6-4-3-5-23(24)25/h3-13,15,21-22,26-27,31H,2,14,16-18H2,1H3/b12-9+/t21-,22-,26-,27+/m0/s1. The minimum absolute atomic E-state index is 0.142. The Morgan fingerprint density at radius 1 is 1.21 bits per heavy atom. The predicted octanol–water partition coefficient (Wildman–Crippen LogP) is 4.87. The molecular weight excluding hydrogens is 412 g/mol. The first kappa shape index (κ1) is 21.8. The molecule has 0 amide bonds. The average molecular weight is 443 g/mol. The molecule has 4 heterocycles. The summed E-state index contributed by atoms with van der Waals surface area (Å²) in [6.45, 7) is 4.19. The lowest BCUT2D eigenvalue weighted by atomic mass is 9.73. The van der Waals surface area contributed by atoms with E-state index in [1.165, 1.54) is 0 Å². The second-order valence-corrected chi connectivity index (χ2v) is 9.07. The van der Waals surface area contributed by atoms with Crippen LogP contribution in [0.2, 0.25) is 0 Å². The van der Waals surface area contributed by atoms with Crippen LogP contribution in [0.15, 0.2) is 66.9 Å². The number of hydrogen-bond acceptors (Lipinski definition) is 5. The molecule has 0 radical (unpaired) electrons. The summed E-state index contributed by atoms with van der Waals surface area (Å²) in [5.41, 5.74) is 3.57. The summed E-state index contributed by atoms with van der Waals surface area (Å²) >= 11 is 0. The van der Waals surface area contributed by atoms with Gasteiger partial charge in [0.2, 0.25) is 0 Å². The highest BCUT2D eigenvalue weighted by Gasteiger charge is 2.42. The molecule has 5 atom stereocenters. The van der Waals surface area contributed by atoms with Crippen LogP contribution in [0.25, 0.3) is 17.0 Å². The van der Waals surface area contributed by atoms with Gasteiger partial charge in [-0.15, -0.1) is 0 Å². The maximum atomic E-state index is 11.8. The summed E-state index contributed by atoms with van der Waals surface area (Å²) in [4.78, 5) is 18.7. The quantitative estimate of drug-likeness (QED) is 0.552. The van der Waals surface area contributed by atoms with Gasteiger partial charge in [-0.25, -0.2) is 4.79 Å². The summed E-state index contributed by atoms with van der Waals surface area (Å²) < 4.78 is 5.05. The Bertz CT molecular complexity index is 1150. The molecule has 3 aromatic rings. The molecule has 3 aliphatic rings. The zero-order valence-electron chi connectivity index (χ0n) is 18.9. The number of carbonyl (C=O) groups excluding carboxylic acids is 1. The summed E-state index contributed by atoms with van der Waals surface area (Å²) in [6, 6.07) is 17.7. The first-order chi connectivity index (χ1) is 16.1. The fourth-order valence-electron chi connectivity index (χ4n) is 5.42. The first-order valence-electron chi connectivity index (χ1n) is 11.8. The van der Waals surface area contributed by atoms with Crippen molar-refractivity contribution in [3.8, 4) is 0 Å². The number of para-hydroxylation sites is 1. The van der Waals surface area contributed by atoms with E-state index in [0.717, 1.165) is 48.0 Å². The van der Waals surface area contributed by atoms with Gasteiger partial charge in [0.15, 0.2) is 0 Å². The van der Waals surface area contributed by atoms with Crippen molar-refractivity contribution in [2.24, 2.45) is 11.8 Å². The highest BCUT2D eigenvalue weighted by molar-refractivity contribution is 5.89. The molecule has 5 heteroatoms. The number of piperidine rings is 3. The molecule has 3 fully saturated rings. The van der Waals surface area contributed by atoms with Crippen LogP contribution in [0.1, 0.15) is 47.4 Å². The second-order valence-electron chi connectivity index (χ2n) is 9.07. The van der Waals surface area contributed by atoms with Gasteiger partial charge in [-0.1, -0.05) is 42.5 Å². The van der Waals surface area contributed by atoms with Crippen LogP contribution >= 0.6 is 0 Å². The van der Waals surface area contributed by atoms with Gasteiger partial charge in [0.05, 0.1) is 23.8 Å². The van der Waals surface area contributed by atoms with E-state index in [-0.39, 0.29) is 12.0 Å².